The number of anilines is 1. The van der Waals surface area contributed by atoms with Gasteiger partial charge in [0.2, 0.25) is 0 Å². The summed E-state index contributed by atoms with van der Waals surface area (Å²) in [7, 11) is 0. The Balaban J connectivity index is 1.45. The summed E-state index contributed by atoms with van der Waals surface area (Å²) >= 11 is 0. The Hall–Kier alpha value is -1.64. The summed E-state index contributed by atoms with van der Waals surface area (Å²) in [4.78, 5) is 6.84. The van der Waals surface area contributed by atoms with Crippen LogP contribution in [0.4, 0.5) is 5.82 Å². The summed E-state index contributed by atoms with van der Waals surface area (Å²) in [5, 5.41) is 12.3. The lowest BCUT2D eigenvalue weighted by atomic mass is 10.0. The number of nitrogens with zero attached hydrogens (tertiary/aromatic N) is 3. The lowest BCUT2D eigenvalue weighted by Gasteiger charge is -2.33. The van der Waals surface area contributed by atoms with Crippen molar-refractivity contribution in [1.29, 1.82) is 5.26 Å². The van der Waals surface area contributed by atoms with Crippen molar-refractivity contribution in [3.8, 4) is 6.07 Å². The van der Waals surface area contributed by atoms with E-state index in [1.54, 1.807) is 6.07 Å². The van der Waals surface area contributed by atoms with Crippen molar-refractivity contribution in [2.75, 3.05) is 38.2 Å². The molecule has 2 fully saturated rings. The Bertz CT molecular complexity index is 499. The van der Waals surface area contributed by atoms with Gasteiger partial charge in [-0.05, 0) is 37.3 Å². The van der Waals surface area contributed by atoms with Crippen LogP contribution in [-0.4, -0.2) is 48.8 Å². The van der Waals surface area contributed by atoms with Crippen LogP contribution in [0.2, 0.25) is 0 Å². The second-order valence-corrected chi connectivity index (χ2v) is 5.97. The van der Waals surface area contributed by atoms with Gasteiger partial charge >= 0.3 is 0 Å². The molecule has 0 saturated carbocycles. The molecule has 21 heavy (non-hydrogen) atoms. The molecule has 0 aliphatic carbocycles. The van der Waals surface area contributed by atoms with Crippen molar-refractivity contribution in [2.24, 2.45) is 5.92 Å². The van der Waals surface area contributed by atoms with Crippen molar-refractivity contribution < 1.29 is 4.74 Å². The molecule has 112 valence electrons. The average molecular weight is 286 g/mol. The van der Waals surface area contributed by atoms with Crippen LogP contribution in [0.5, 0.6) is 0 Å². The van der Waals surface area contributed by atoms with Crippen LogP contribution in [0.1, 0.15) is 25.0 Å². The van der Waals surface area contributed by atoms with Gasteiger partial charge in [-0.15, -0.1) is 0 Å². The summed E-state index contributed by atoms with van der Waals surface area (Å²) in [5.41, 5.74) is 0.471. The van der Waals surface area contributed by atoms with E-state index < -0.39 is 0 Å². The third-order valence-electron chi connectivity index (χ3n) is 4.34. The van der Waals surface area contributed by atoms with Gasteiger partial charge in [0.15, 0.2) is 0 Å². The maximum Gasteiger partial charge on any atom is 0.142 e. The topological polar surface area (TPSA) is 61.2 Å². The molecule has 0 radical (unpaired) electrons. The van der Waals surface area contributed by atoms with Crippen LogP contribution >= 0.6 is 0 Å². The molecule has 1 atom stereocenters. The Morgan fingerprint density at radius 1 is 1.33 bits per heavy atom. The lowest BCUT2D eigenvalue weighted by Crippen LogP contribution is -2.41. The highest BCUT2D eigenvalue weighted by atomic mass is 16.5. The van der Waals surface area contributed by atoms with Gasteiger partial charge in [-0.2, -0.15) is 5.26 Å². The molecule has 0 bridgehead atoms. The van der Waals surface area contributed by atoms with E-state index >= 15 is 0 Å². The van der Waals surface area contributed by atoms with Crippen LogP contribution in [0.15, 0.2) is 18.2 Å². The number of rotatable bonds is 4. The number of nitriles is 1. The van der Waals surface area contributed by atoms with Crippen LogP contribution in [0.3, 0.4) is 0 Å². The van der Waals surface area contributed by atoms with Crippen LogP contribution in [0, 0.1) is 17.2 Å². The van der Waals surface area contributed by atoms with Crippen molar-refractivity contribution in [3.05, 3.63) is 23.9 Å². The largest absolute Gasteiger partial charge is 0.381 e. The molecule has 2 saturated heterocycles. The fourth-order valence-corrected chi connectivity index (χ4v) is 3.14. The molecule has 0 spiro atoms. The SMILES string of the molecule is N#Cc1cccc(NC2CCN(CC3CCOC3)CC2)n1. The number of piperidine rings is 1. The Morgan fingerprint density at radius 3 is 2.90 bits per heavy atom. The van der Waals surface area contributed by atoms with E-state index in [-0.39, 0.29) is 0 Å². The molecule has 0 aromatic carbocycles. The second kappa shape index (κ2) is 6.88. The van der Waals surface area contributed by atoms with Gasteiger partial charge in [0.1, 0.15) is 17.6 Å². The molecule has 5 heteroatoms. The summed E-state index contributed by atoms with van der Waals surface area (Å²) in [6.45, 7) is 5.31. The number of hydrogen-bond donors (Lipinski definition) is 1. The van der Waals surface area contributed by atoms with Crippen molar-refractivity contribution in [3.63, 3.8) is 0 Å². The number of pyridine rings is 1. The molecule has 3 heterocycles. The van der Waals surface area contributed by atoms with Crippen molar-refractivity contribution in [2.45, 2.75) is 25.3 Å². The Kier molecular flexibility index (Phi) is 4.69. The summed E-state index contributed by atoms with van der Waals surface area (Å²) < 4.78 is 5.45. The van der Waals surface area contributed by atoms with Crippen molar-refractivity contribution in [1.82, 2.24) is 9.88 Å². The zero-order valence-electron chi connectivity index (χ0n) is 12.3. The standard InChI is InChI=1S/C16H22N4O/c17-10-15-2-1-3-16(19-15)18-14-4-7-20(8-5-14)11-13-6-9-21-12-13/h1-3,13-14H,4-9,11-12H2,(H,18,19). The van der Waals surface area contributed by atoms with E-state index in [2.05, 4.69) is 21.3 Å². The number of ether oxygens (including phenoxy) is 1. The van der Waals surface area contributed by atoms with E-state index in [1.807, 2.05) is 12.1 Å². The fraction of sp³-hybridized carbons (Fsp3) is 0.625. The van der Waals surface area contributed by atoms with E-state index in [1.165, 1.54) is 13.0 Å². The summed E-state index contributed by atoms with van der Waals surface area (Å²) in [5.74, 6) is 1.54. The number of nitrogens with one attached hydrogen (secondary N) is 1. The molecule has 1 unspecified atom stereocenters. The Labute approximate surface area is 125 Å². The van der Waals surface area contributed by atoms with Gasteiger partial charge < -0.3 is 15.0 Å². The normalized spacial score (nSPS) is 23.9. The molecule has 1 aromatic rings. The first kappa shape index (κ1) is 14.3. The molecular weight excluding hydrogens is 264 g/mol. The molecule has 1 N–H and O–H groups in total. The number of likely N-dealkylation sites (tertiary alicyclic amines) is 1. The fourth-order valence-electron chi connectivity index (χ4n) is 3.14. The molecule has 3 rings (SSSR count). The monoisotopic (exact) mass is 286 g/mol. The molecule has 2 aliphatic heterocycles. The van der Waals surface area contributed by atoms with E-state index in [9.17, 15) is 0 Å². The van der Waals surface area contributed by atoms with Crippen LogP contribution in [-0.2, 0) is 4.74 Å². The zero-order valence-corrected chi connectivity index (χ0v) is 12.3. The first-order valence-corrected chi connectivity index (χ1v) is 7.77. The van der Waals surface area contributed by atoms with Gasteiger partial charge in [-0.1, -0.05) is 6.07 Å². The van der Waals surface area contributed by atoms with Gasteiger partial charge in [0, 0.05) is 32.3 Å². The predicted octanol–water partition coefficient (Wildman–Crippen LogP) is 1.87. The molecular formula is C16H22N4O. The second-order valence-electron chi connectivity index (χ2n) is 5.97. The molecule has 5 nitrogen and oxygen atoms in total. The third kappa shape index (κ3) is 3.93. The third-order valence-corrected chi connectivity index (χ3v) is 4.34. The molecule has 0 amide bonds. The van der Waals surface area contributed by atoms with Gasteiger partial charge in [-0.25, -0.2) is 4.98 Å². The number of aromatic nitrogens is 1. The maximum atomic E-state index is 8.88. The first-order chi connectivity index (χ1) is 10.3. The van der Waals surface area contributed by atoms with Crippen molar-refractivity contribution >= 4 is 5.82 Å². The quantitative estimate of drug-likeness (QED) is 0.915. The minimum Gasteiger partial charge on any atom is -0.381 e. The summed E-state index contributed by atoms with van der Waals surface area (Å²) in [6.07, 6.45) is 3.47. The highest BCUT2D eigenvalue weighted by Gasteiger charge is 2.23. The minimum absolute atomic E-state index is 0.461. The average Bonchev–Trinajstić information content (AvgIpc) is 3.02. The predicted molar refractivity (Wildman–Crippen MR) is 81.0 cm³/mol. The number of hydrogen-bond acceptors (Lipinski definition) is 5. The van der Waals surface area contributed by atoms with E-state index in [4.69, 9.17) is 10.00 Å². The van der Waals surface area contributed by atoms with Gasteiger partial charge in [0.25, 0.3) is 0 Å². The minimum atomic E-state index is 0.461. The van der Waals surface area contributed by atoms with Gasteiger partial charge in [0.05, 0.1) is 6.61 Å². The maximum absolute atomic E-state index is 8.88. The smallest absolute Gasteiger partial charge is 0.142 e. The molecule has 2 aliphatic rings. The van der Waals surface area contributed by atoms with Gasteiger partial charge in [-0.3, -0.25) is 0 Å². The summed E-state index contributed by atoms with van der Waals surface area (Å²) in [6, 6.07) is 8.09. The van der Waals surface area contributed by atoms with Crippen LogP contribution in [0.25, 0.3) is 0 Å². The highest BCUT2D eigenvalue weighted by Crippen LogP contribution is 2.19. The highest BCUT2D eigenvalue weighted by molar-refractivity contribution is 5.39. The Morgan fingerprint density at radius 2 is 2.19 bits per heavy atom. The van der Waals surface area contributed by atoms with E-state index in [0.717, 1.165) is 50.9 Å². The molecule has 1 aromatic heterocycles. The first-order valence-electron chi connectivity index (χ1n) is 7.77. The van der Waals surface area contributed by atoms with Crippen LogP contribution < -0.4 is 5.32 Å². The zero-order chi connectivity index (χ0) is 14.5. The lowest BCUT2D eigenvalue weighted by molar-refractivity contribution is 0.154. The van der Waals surface area contributed by atoms with E-state index in [0.29, 0.717) is 11.7 Å².